The SMILES string of the molecule is COCCc1cc2c(N3CCC4(CCN(Cc5ccc6c(cc(C#N)n6CC(F)F)c5C)C4)C3)ncnc2s1. The molecular weight excluding hydrogens is 518 g/mol. The third-order valence-corrected chi connectivity index (χ3v) is 9.57. The van der Waals surface area contributed by atoms with E-state index in [0.29, 0.717) is 12.1 Å². The quantitative estimate of drug-likeness (QED) is 0.293. The molecule has 10 heteroatoms. The van der Waals surface area contributed by atoms with Crippen LogP contribution in [-0.2, 0) is 24.2 Å². The molecule has 2 fully saturated rings. The molecule has 0 amide bonds. The van der Waals surface area contributed by atoms with Crippen molar-refractivity contribution >= 4 is 38.3 Å². The molecule has 1 aromatic carbocycles. The van der Waals surface area contributed by atoms with Gasteiger partial charge in [0.2, 0.25) is 0 Å². The normalized spacial score (nSPS) is 19.8. The Kier molecular flexibility index (Phi) is 7.00. The fourth-order valence-electron chi connectivity index (χ4n) is 6.44. The highest BCUT2D eigenvalue weighted by Gasteiger charge is 2.44. The first-order chi connectivity index (χ1) is 18.9. The Hall–Kier alpha value is -3.13. The molecule has 0 bridgehead atoms. The van der Waals surface area contributed by atoms with Crippen molar-refractivity contribution in [3.05, 3.63) is 52.3 Å². The number of halogens is 2. The van der Waals surface area contributed by atoms with E-state index in [1.165, 1.54) is 15.0 Å². The fourth-order valence-corrected chi connectivity index (χ4v) is 7.41. The number of ether oxygens (including phenoxy) is 1. The number of thiophene rings is 1. The van der Waals surface area contributed by atoms with Gasteiger partial charge < -0.3 is 14.2 Å². The zero-order chi connectivity index (χ0) is 27.1. The first-order valence-corrected chi connectivity index (χ1v) is 14.2. The van der Waals surface area contributed by atoms with Gasteiger partial charge in [0, 0.05) is 60.9 Å². The minimum absolute atomic E-state index is 0.235. The summed E-state index contributed by atoms with van der Waals surface area (Å²) >= 11 is 1.72. The van der Waals surface area contributed by atoms with Crippen LogP contribution in [0.25, 0.3) is 21.1 Å². The maximum atomic E-state index is 13.1. The van der Waals surface area contributed by atoms with Crippen LogP contribution in [-0.4, -0.2) is 65.8 Å². The van der Waals surface area contributed by atoms with E-state index in [-0.39, 0.29) is 11.1 Å². The van der Waals surface area contributed by atoms with Crippen molar-refractivity contribution in [2.45, 2.75) is 45.7 Å². The molecule has 2 saturated heterocycles. The Bertz CT molecular complexity index is 1560. The van der Waals surface area contributed by atoms with Gasteiger partial charge in [-0.1, -0.05) is 6.07 Å². The molecule has 4 aromatic rings. The van der Waals surface area contributed by atoms with Gasteiger partial charge >= 0.3 is 0 Å². The smallest absolute Gasteiger partial charge is 0.256 e. The van der Waals surface area contributed by atoms with Crippen LogP contribution < -0.4 is 4.90 Å². The maximum absolute atomic E-state index is 13.1. The molecule has 0 radical (unpaired) electrons. The molecule has 1 unspecified atom stereocenters. The van der Waals surface area contributed by atoms with Crippen LogP contribution >= 0.6 is 11.3 Å². The second kappa shape index (κ2) is 10.5. The van der Waals surface area contributed by atoms with Crippen molar-refractivity contribution in [3.63, 3.8) is 0 Å². The van der Waals surface area contributed by atoms with Gasteiger partial charge in [-0.3, -0.25) is 4.90 Å². The molecular formula is C29H32F2N6OS. The van der Waals surface area contributed by atoms with Crippen molar-refractivity contribution in [1.29, 1.82) is 5.26 Å². The van der Waals surface area contributed by atoms with Crippen molar-refractivity contribution in [2.24, 2.45) is 5.41 Å². The van der Waals surface area contributed by atoms with Crippen LogP contribution in [0.4, 0.5) is 14.6 Å². The van der Waals surface area contributed by atoms with E-state index in [1.54, 1.807) is 30.8 Å². The third-order valence-electron chi connectivity index (χ3n) is 8.46. The number of rotatable bonds is 8. The van der Waals surface area contributed by atoms with Gasteiger partial charge in [-0.25, -0.2) is 18.7 Å². The Morgan fingerprint density at radius 1 is 1.15 bits per heavy atom. The number of alkyl halides is 2. The molecule has 1 atom stereocenters. The number of aromatic nitrogens is 3. The molecule has 2 aliphatic heterocycles. The number of methoxy groups -OCH3 is 1. The monoisotopic (exact) mass is 550 g/mol. The average molecular weight is 551 g/mol. The van der Waals surface area contributed by atoms with E-state index < -0.39 is 13.0 Å². The molecule has 39 heavy (non-hydrogen) atoms. The van der Waals surface area contributed by atoms with Crippen LogP contribution in [0.15, 0.2) is 30.6 Å². The van der Waals surface area contributed by atoms with Crippen molar-refractivity contribution < 1.29 is 13.5 Å². The van der Waals surface area contributed by atoms with Gasteiger partial charge in [0.25, 0.3) is 6.43 Å². The molecule has 0 aliphatic carbocycles. The highest BCUT2D eigenvalue weighted by atomic mass is 32.1. The largest absolute Gasteiger partial charge is 0.384 e. The van der Waals surface area contributed by atoms with Gasteiger partial charge in [0.1, 0.15) is 28.7 Å². The second-order valence-electron chi connectivity index (χ2n) is 10.9. The van der Waals surface area contributed by atoms with Crippen LogP contribution in [0.3, 0.4) is 0 Å². The summed E-state index contributed by atoms with van der Waals surface area (Å²) in [6.07, 6.45) is 2.34. The summed E-state index contributed by atoms with van der Waals surface area (Å²) in [7, 11) is 1.73. The fraction of sp³-hybridized carbons (Fsp3) is 0.483. The first-order valence-electron chi connectivity index (χ1n) is 13.4. The van der Waals surface area contributed by atoms with Crippen molar-refractivity contribution in [2.75, 3.05) is 44.8 Å². The minimum Gasteiger partial charge on any atom is -0.384 e. The van der Waals surface area contributed by atoms with Crippen molar-refractivity contribution in [3.8, 4) is 6.07 Å². The number of fused-ring (bicyclic) bond motifs is 2. The summed E-state index contributed by atoms with van der Waals surface area (Å²) in [5.41, 5.74) is 3.47. The molecule has 5 heterocycles. The molecule has 1 spiro atoms. The van der Waals surface area contributed by atoms with E-state index in [9.17, 15) is 14.0 Å². The standard InChI is InChI=1S/C29H32F2N6OS/c1-19-20(3-4-25-23(19)11-21(13-32)37(25)15-26(30)31)14-35-8-6-29(16-35)7-9-36(17-29)27-24-12-22(5-10-38-2)39-28(24)34-18-33-27/h3-4,11-12,18,26H,5-10,14-17H2,1-2H3. The molecule has 0 N–H and O–H groups in total. The minimum atomic E-state index is -2.50. The molecule has 7 nitrogen and oxygen atoms in total. The molecule has 204 valence electrons. The maximum Gasteiger partial charge on any atom is 0.256 e. The highest BCUT2D eigenvalue weighted by molar-refractivity contribution is 7.18. The Morgan fingerprint density at radius 3 is 2.79 bits per heavy atom. The topological polar surface area (TPSA) is 70.2 Å². The first kappa shape index (κ1) is 26.1. The lowest BCUT2D eigenvalue weighted by atomic mass is 9.86. The van der Waals surface area contributed by atoms with Gasteiger partial charge in [0.05, 0.1) is 18.5 Å². The second-order valence-corrected chi connectivity index (χ2v) is 12.0. The molecule has 2 aliphatic rings. The lowest BCUT2D eigenvalue weighted by molar-refractivity contribution is 0.128. The van der Waals surface area contributed by atoms with Crippen LogP contribution in [0, 0.1) is 23.7 Å². The summed E-state index contributed by atoms with van der Waals surface area (Å²) < 4.78 is 33.0. The molecule has 6 rings (SSSR count). The number of benzene rings is 1. The highest BCUT2D eigenvalue weighted by Crippen LogP contribution is 2.43. The summed E-state index contributed by atoms with van der Waals surface area (Å²) in [5, 5.41) is 11.5. The Balaban J connectivity index is 1.17. The van der Waals surface area contributed by atoms with Gasteiger partial charge in [-0.05, 0) is 55.6 Å². The zero-order valence-corrected chi connectivity index (χ0v) is 23.1. The molecule has 3 aromatic heterocycles. The number of nitrogens with zero attached hydrogens (tertiary/aromatic N) is 6. The number of hydrogen-bond donors (Lipinski definition) is 0. The van der Waals surface area contributed by atoms with Crippen molar-refractivity contribution in [1.82, 2.24) is 19.4 Å². The lowest BCUT2D eigenvalue weighted by Gasteiger charge is -2.25. The predicted molar refractivity (Wildman–Crippen MR) is 150 cm³/mol. The number of nitriles is 1. The average Bonchev–Trinajstić information content (AvgIpc) is 3.70. The number of aryl methyl sites for hydroxylation is 1. The predicted octanol–water partition coefficient (Wildman–Crippen LogP) is 5.38. The Labute approximate surface area is 230 Å². The Morgan fingerprint density at radius 2 is 2.00 bits per heavy atom. The van der Waals surface area contributed by atoms with Gasteiger partial charge in [0.15, 0.2) is 0 Å². The van der Waals surface area contributed by atoms with Crippen LogP contribution in [0.5, 0.6) is 0 Å². The van der Waals surface area contributed by atoms with E-state index in [0.717, 1.165) is 79.0 Å². The zero-order valence-electron chi connectivity index (χ0n) is 22.3. The molecule has 0 saturated carbocycles. The number of likely N-dealkylation sites (tertiary alicyclic amines) is 1. The van der Waals surface area contributed by atoms with E-state index >= 15 is 0 Å². The summed E-state index contributed by atoms with van der Waals surface area (Å²) in [5.74, 6) is 1.04. The van der Waals surface area contributed by atoms with Gasteiger partial charge in [-0.15, -0.1) is 11.3 Å². The van der Waals surface area contributed by atoms with E-state index in [1.807, 2.05) is 19.1 Å². The van der Waals surface area contributed by atoms with Crippen LogP contribution in [0.2, 0.25) is 0 Å². The number of hydrogen-bond acceptors (Lipinski definition) is 7. The van der Waals surface area contributed by atoms with Gasteiger partial charge in [-0.2, -0.15) is 5.26 Å². The third kappa shape index (κ3) is 4.88. The summed E-state index contributed by atoms with van der Waals surface area (Å²) in [4.78, 5) is 16.5. The summed E-state index contributed by atoms with van der Waals surface area (Å²) in [6.45, 7) is 7.11. The summed E-state index contributed by atoms with van der Waals surface area (Å²) in [6, 6.07) is 10.0. The van der Waals surface area contributed by atoms with Crippen LogP contribution in [0.1, 0.15) is 34.5 Å². The lowest BCUT2D eigenvalue weighted by Crippen LogP contribution is -2.31. The van der Waals surface area contributed by atoms with E-state index in [2.05, 4.69) is 26.9 Å². The number of anilines is 1. The van der Waals surface area contributed by atoms with E-state index in [4.69, 9.17) is 9.72 Å².